The first-order chi connectivity index (χ1) is 7.78. The lowest BCUT2D eigenvalue weighted by molar-refractivity contribution is -0.141. The van der Waals surface area contributed by atoms with Gasteiger partial charge in [-0.3, -0.25) is 9.69 Å². The summed E-state index contributed by atoms with van der Waals surface area (Å²) >= 11 is 0. The minimum absolute atomic E-state index is 0.143. The zero-order valence-electron chi connectivity index (χ0n) is 11.5. The fraction of sp³-hybridized carbons (Fsp3) is 0.917. The van der Waals surface area contributed by atoms with Gasteiger partial charge < -0.3 is 4.90 Å². The van der Waals surface area contributed by atoms with E-state index in [0.717, 1.165) is 0 Å². The van der Waals surface area contributed by atoms with Crippen LogP contribution in [-0.4, -0.2) is 62.3 Å². The second-order valence-electron chi connectivity index (χ2n) is 4.80. The molecule has 1 unspecified atom stereocenters. The van der Waals surface area contributed by atoms with Crippen molar-refractivity contribution in [2.24, 2.45) is 0 Å². The van der Waals surface area contributed by atoms with Gasteiger partial charge >= 0.3 is 0 Å². The Morgan fingerprint density at radius 2 is 1.76 bits per heavy atom. The predicted molar refractivity (Wildman–Crippen MR) is 65.5 cm³/mol. The predicted octanol–water partition coefficient (Wildman–Crippen LogP) is 1.87. The van der Waals surface area contributed by atoms with Gasteiger partial charge in [0, 0.05) is 6.42 Å². The SMILES string of the molecule is CCC(=O)C(CCCN(C)C)(C(F)F)N(C)C. The van der Waals surface area contributed by atoms with Crippen LogP contribution in [-0.2, 0) is 4.79 Å². The monoisotopic (exact) mass is 250 g/mol. The lowest BCUT2D eigenvalue weighted by atomic mass is 9.86. The first-order valence-corrected chi connectivity index (χ1v) is 5.92. The number of alkyl halides is 2. The first kappa shape index (κ1) is 16.4. The van der Waals surface area contributed by atoms with Crippen LogP contribution in [0.4, 0.5) is 8.78 Å². The Morgan fingerprint density at radius 3 is 2.06 bits per heavy atom. The average Bonchev–Trinajstić information content (AvgIpc) is 2.21. The molecule has 0 heterocycles. The van der Waals surface area contributed by atoms with E-state index in [0.29, 0.717) is 13.0 Å². The van der Waals surface area contributed by atoms with Crippen LogP contribution < -0.4 is 0 Å². The summed E-state index contributed by atoms with van der Waals surface area (Å²) < 4.78 is 26.6. The third kappa shape index (κ3) is 4.00. The molecule has 0 bridgehead atoms. The zero-order chi connectivity index (χ0) is 13.6. The van der Waals surface area contributed by atoms with Crippen molar-refractivity contribution in [2.75, 3.05) is 34.7 Å². The Balaban J connectivity index is 4.87. The standard InChI is InChI=1S/C12H24F2N2O/c1-6-10(17)12(11(13)14,16(4)5)8-7-9-15(2)3/h11H,6-9H2,1-5H3. The Morgan fingerprint density at radius 1 is 1.24 bits per heavy atom. The molecular formula is C12H24F2N2O. The van der Waals surface area contributed by atoms with Gasteiger partial charge in [-0.2, -0.15) is 0 Å². The molecule has 3 nitrogen and oxygen atoms in total. The molecule has 0 aromatic rings. The lowest BCUT2D eigenvalue weighted by Gasteiger charge is -2.38. The minimum atomic E-state index is -2.65. The molecule has 0 aromatic carbocycles. The van der Waals surface area contributed by atoms with Gasteiger partial charge in [-0.1, -0.05) is 6.92 Å². The fourth-order valence-electron chi connectivity index (χ4n) is 2.01. The fourth-order valence-corrected chi connectivity index (χ4v) is 2.01. The van der Waals surface area contributed by atoms with E-state index in [9.17, 15) is 13.6 Å². The molecule has 1 atom stereocenters. The van der Waals surface area contributed by atoms with E-state index in [1.807, 2.05) is 19.0 Å². The number of likely N-dealkylation sites (N-methyl/N-ethyl adjacent to an activating group) is 1. The Kier molecular flexibility index (Phi) is 6.78. The van der Waals surface area contributed by atoms with Crippen molar-refractivity contribution in [1.29, 1.82) is 0 Å². The highest BCUT2D eigenvalue weighted by Crippen LogP contribution is 2.29. The molecule has 0 amide bonds. The molecule has 0 aliphatic carbocycles. The maximum absolute atomic E-state index is 13.3. The molecule has 5 heteroatoms. The van der Waals surface area contributed by atoms with Gasteiger partial charge in [0.2, 0.25) is 0 Å². The number of ketones is 1. The van der Waals surface area contributed by atoms with Crippen molar-refractivity contribution >= 4 is 5.78 Å². The minimum Gasteiger partial charge on any atom is -0.309 e. The number of carbonyl (C=O) groups excluding carboxylic acids is 1. The van der Waals surface area contributed by atoms with Gasteiger partial charge in [-0.25, -0.2) is 8.78 Å². The van der Waals surface area contributed by atoms with E-state index in [1.165, 1.54) is 4.90 Å². The molecule has 0 saturated heterocycles. The van der Waals surface area contributed by atoms with Gasteiger partial charge in [-0.15, -0.1) is 0 Å². The van der Waals surface area contributed by atoms with Crippen LogP contribution in [0.3, 0.4) is 0 Å². The second-order valence-corrected chi connectivity index (χ2v) is 4.80. The second kappa shape index (κ2) is 7.01. The van der Waals surface area contributed by atoms with Crippen LogP contribution in [0.25, 0.3) is 0 Å². The van der Waals surface area contributed by atoms with Crippen molar-refractivity contribution in [2.45, 2.75) is 38.2 Å². The summed E-state index contributed by atoms with van der Waals surface area (Å²) in [5.74, 6) is -0.378. The summed E-state index contributed by atoms with van der Waals surface area (Å²) in [5.41, 5.74) is -1.62. The van der Waals surface area contributed by atoms with E-state index in [-0.39, 0.29) is 18.6 Å². The lowest BCUT2D eigenvalue weighted by Crippen LogP contribution is -2.56. The van der Waals surface area contributed by atoms with Crippen LogP contribution in [0.2, 0.25) is 0 Å². The molecule has 0 saturated carbocycles. The smallest absolute Gasteiger partial charge is 0.263 e. The highest BCUT2D eigenvalue weighted by molar-refractivity contribution is 5.88. The van der Waals surface area contributed by atoms with Gasteiger partial charge in [-0.05, 0) is 47.6 Å². The largest absolute Gasteiger partial charge is 0.309 e. The van der Waals surface area contributed by atoms with E-state index in [4.69, 9.17) is 0 Å². The van der Waals surface area contributed by atoms with Gasteiger partial charge in [0.25, 0.3) is 6.43 Å². The summed E-state index contributed by atoms with van der Waals surface area (Å²) in [5, 5.41) is 0. The maximum Gasteiger partial charge on any atom is 0.263 e. The first-order valence-electron chi connectivity index (χ1n) is 5.92. The van der Waals surface area contributed by atoms with E-state index in [1.54, 1.807) is 21.0 Å². The number of hydrogen-bond donors (Lipinski definition) is 0. The van der Waals surface area contributed by atoms with Gasteiger partial charge in [0.1, 0.15) is 5.54 Å². The van der Waals surface area contributed by atoms with E-state index < -0.39 is 12.0 Å². The number of Topliss-reactive ketones (excluding diaryl/α,β-unsaturated/α-hetero) is 1. The third-order valence-corrected chi connectivity index (χ3v) is 3.13. The quantitative estimate of drug-likeness (QED) is 0.657. The molecule has 102 valence electrons. The number of carbonyl (C=O) groups is 1. The van der Waals surface area contributed by atoms with Crippen molar-refractivity contribution < 1.29 is 13.6 Å². The molecule has 0 rings (SSSR count). The van der Waals surface area contributed by atoms with Crippen LogP contribution >= 0.6 is 0 Å². The highest BCUT2D eigenvalue weighted by atomic mass is 19.3. The summed E-state index contributed by atoms with van der Waals surface area (Å²) in [6.45, 7) is 2.34. The molecule has 0 N–H and O–H groups in total. The molecule has 0 aliphatic rings. The van der Waals surface area contributed by atoms with Crippen molar-refractivity contribution in [3.8, 4) is 0 Å². The molecule has 0 fully saturated rings. The van der Waals surface area contributed by atoms with Crippen molar-refractivity contribution in [3.63, 3.8) is 0 Å². The van der Waals surface area contributed by atoms with Crippen molar-refractivity contribution in [1.82, 2.24) is 9.80 Å². The maximum atomic E-state index is 13.3. The van der Waals surface area contributed by atoms with Crippen LogP contribution in [0.15, 0.2) is 0 Å². The van der Waals surface area contributed by atoms with Crippen molar-refractivity contribution in [3.05, 3.63) is 0 Å². The molecule has 0 aliphatic heterocycles. The van der Waals surface area contributed by atoms with Crippen LogP contribution in [0.1, 0.15) is 26.2 Å². The van der Waals surface area contributed by atoms with E-state index in [2.05, 4.69) is 0 Å². The Bertz CT molecular complexity index is 235. The molecular weight excluding hydrogens is 226 g/mol. The normalized spacial score (nSPS) is 15.6. The number of nitrogens with zero attached hydrogens (tertiary/aromatic N) is 2. The zero-order valence-corrected chi connectivity index (χ0v) is 11.5. The number of rotatable bonds is 8. The summed E-state index contributed by atoms with van der Waals surface area (Å²) in [4.78, 5) is 15.2. The highest BCUT2D eigenvalue weighted by Gasteiger charge is 2.47. The van der Waals surface area contributed by atoms with Gasteiger partial charge in [0.05, 0.1) is 0 Å². The number of halogens is 2. The topological polar surface area (TPSA) is 23.6 Å². The third-order valence-electron chi connectivity index (χ3n) is 3.13. The molecule has 0 radical (unpaired) electrons. The number of hydrogen-bond acceptors (Lipinski definition) is 3. The summed E-state index contributed by atoms with van der Waals surface area (Å²) in [6.07, 6.45) is -1.72. The van der Waals surface area contributed by atoms with E-state index >= 15 is 0 Å². The Labute approximate surface area is 103 Å². The molecule has 0 spiro atoms. The van der Waals surface area contributed by atoms with Crippen LogP contribution in [0, 0.1) is 0 Å². The average molecular weight is 250 g/mol. The Hall–Kier alpha value is -0.550. The van der Waals surface area contributed by atoms with Crippen LogP contribution in [0.5, 0.6) is 0 Å². The van der Waals surface area contributed by atoms with Gasteiger partial charge in [0.15, 0.2) is 5.78 Å². The molecule has 0 aromatic heterocycles. The summed E-state index contributed by atoms with van der Waals surface area (Å²) in [6, 6.07) is 0. The molecule has 17 heavy (non-hydrogen) atoms. The summed E-state index contributed by atoms with van der Waals surface area (Å²) in [7, 11) is 6.88.